The monoisotopic (exact) mass is 302 g/mol. The number of hydrogen-bond donors (Lipinski definition) is 3. The van der Waals surface area contributed by atoms with Gasteiger partial charge in [-0.25, -0.2) is 4.79 Å². The minimum Gasteiger partial charge on any atom is -0.334 e. The summed E-state index contributed by atoms with van der Waals surface area (Å²) in [4.78, 5) is 12.2. The van der Waals surface area contributed by atoms with E-state index in [1.807, 2.05) is 23.9 Å². The summed E-state index contributed by atoms with van der Waals surface area (Å²) in [7, 11) is 0. The maximum Gasteiger partial charge on any atom is 0.315 e. The van der Waals surface area contributed by atoms with Crippen LogP contribution in [0.4, 0.5) is 4.79 Å². The molecule has 2 atom stereocenters. The molecule has 3 rings (SSSR count). The number of hydrogen-bond acceptors (Lipinski definition) is 3. The summed E-state index contributed by atoms with van der Waals surface area (Å²) >= 11 is 0. The average Bonchev–Trinajstić information content (AvgIpc) is 3.17. The highest BCUT2D eigenvalue weighted by molar-refractivity contribution is 5.74. The van der Waals surface area contributed by atoms with Gasteiger partial charge in [0, 0.05) is 30.2 Å². The molecule has 0 saturated heterocycles. The smallest absolute Gasteiger partial charge is 0.315 e. The lowest BCUT2D eigenvalue weighted by atomic mass is 9.90. The maximum absolute atomic E-state index is 12.2. The molecular formula is C15H22N6O. The molecule has 2 aromatic heterocycles. The van der Waals surface area contributed by atoms with Crippen LogP contribution in [0.3, 0.4) is 0 Å². The van der Waals surface area contributed by atoms with E-state index < -0.39 is 0 Å². The van der Waals surface area contributed by atoms with Crippen LogP contribution in [0.15, 0.2) is 24.7 Å². The summed E-state index contributed by atoms with van der Waals surface area (Å²) in [6, 6.07) is 2.15. The summed E-state index contributed by atoms with van der Waals surface area (Å²) < 4.78 is 1.96. The third-order valence-corrected chi connectivity index (χ3v) is 4.28. The minimum atomic E-state index is -0.135. The maximum atomic E-state index is 12.2. The Morgan fingerprint density at radius 3 is 3.05 bits per heavy atom. The van der Waals surface area contributed by atoms with E-state index in [1.165, 1.54) is 6.42 Å². The molecule has 2 aromatic rings. The molecule has 1 aliphatic rings. The zero-order valence-corrected chi connectivity index (χ0v) is 12.7. The van der Waals surface area contributed by atoms with E-state index in [-0.39, 0.29) is 18.1 Å². The lowest BCUT2D eigenvalue weighted by Crippen LogP contribution is -2.47. The number of carbonyl (C=O) groups is 1. The Kier molecular flexibility index (Phi) is 4.41. The standard InChI is InChI=1S/C15H22N6O/c1-11-12(10-17-20-11)9-16-15(22)19-13-5-2-3-6-14(13)21-8-4-7-18-21/h4,7-8,10,13-14H,2-3,5-6,9H2,1H3,(H,17,20)(H2,16,19,22)/t13-,14+/m0/s1. The van der Waals surface area contributed by atoms with Gasteiger partial charge < -0.3 is 10.6 Å². The van der Waals surface area contributed by atoms with Crippen molar-refractivity contribution in [3.8, 4) is 0 Å². The molecule has 0 radical (unpaired) electrons. The van der Waals surface area contributed by atoms with E-state index >= 15 is 0 Å². The van der Waals surface area contributed by atoms with Gasteiger partial charge in [-0.3, -0.25) is 9.78 Å². The number of rotatable bonds is 4. The first-order chi connectivity index (χ1) is 10.7. The fourth-order valence-electron chi connectivity index (χ4n) is 3.02. The van der Waals surface area contributed by atoms with Gasteiger partial charge >= 0.3 is 6.03 Å². The van der Waals surface area contributed by atoms with Crippen molar-refractivity contribution in [3.05, 3.63) is 35.9 Å². The second kappa shape index (κ2) is 6.64. The first-order valence-corrected chi connectivity index (χ1v) is 7.76. The molecule has 22 heavy (non-hydrogen) atoms. The molecular weight excluding hydrogens is 280 g/mol. The molecule has 7 nitrogen and oxygen atoms in total. The number of aromatic amines is 1. The Labute approximate surface area is 129 Å². The van der Waals surface area contributed by atoms with Crippen molar-refractivity contribution in [2.75, 3.05) is 0 Å². The average molecular weight is 302 g/mol. The van der Waals surface area contributed by atoms with Crippen LogP contribution < -0.4 is 10.6 Å². The van der Waals surface area contributed by atoms with Crippen LogP contribution in [-0.4, -0.2) is 32.1 Å². The molecule has 1 aliphatic carbocycles. The number of carbonyl (C=O) groups excluding carboxylic acids is 1. The van der Waals surface area contributed by atoms with Crippen LogP contribution in [0.1, 0.15) is 43.0 Å². The SMILES string of the molecule is Cc1[nH]ncc1CNC(=O)N[C@H]1CCCC[C@H]1n1cccn1. The Hall–Kier alpha value is -2.31. The molecule has 7 heteroatoms. The molecule has 118 valence electrons. The zero-order chi connectivity index (χ0) is 15.4. The third-order valence-electron chi connectivity index (χ3n) is 4.28. The van der Waals surface area contributed by atoms with Crippen LogP contribution in [0.25, 0.3) is 0 Å². The number of amides is 2. The highest BCUT2D eigenvalue weighted by Gasteiger charge is 2.28. The van der Waals surface area contributed by atoms with Crippen molar-refractivity contribution in [2.45, 2.75) is 51.2 Å². The first-order valence-electron chi connectivity index (χ1n) is 7.76. The Morgan fingerprint density at radius 1 is 1.45 bits per heavy atom. The van der Waals surface area contributed by atoms with Crippen molar-refractivity contribution in [1.82, 2.24) is 30.6 Å². The van der Waals surface area contributed by atoms with Crippen LogP contribution in [0.5, 0.6) is 0 Å². The predicted octanol–water partition coefficient (Wildman–Crippen LogP) is 1.90. The second-order valence-electron chi connectivity index (χ2n) is 5.79. The van der Waals surface area contributed by atoms with Crippen LogP contribution in [-0.2, 0) is 6.54 Å². The number of nitrogens with zero attached hydrogens (tertiary/aromatic N) is 3. The van der Waals surface area contributed by atoms with E-state index in [4.69, 9.17) is 0 Å². The molecule has 0 spiro atoms. The predicted molar refractivity (Wildman–Crippen MR) is 82.2 cm³/mol. The number of urea groups is 1. The minimum absolute atomic E-state index is 0.124. The molecule has 0 aromatic carbocycles. The Morgan fingerprint density at radius 2 is 2.32 bits per heavy atom. The molecule has 1 saturated carbocycles. The molecule has 2 heterocycles. The second-order valence-corrected chi connectivity index (χ2v) is 5.79. The van der Waals surface area contributed by atoms with Crippen LogP contribution in [0.2, 0.25) is 0 Å². The van der Waals surface area contributed by atoms with Crippen molar-refractivity contribution in [2.24, 2.45) is 0 Å². The van der Waals surface area contributed by atoms with Crippen molar-refractivity contribution >= 4 is 6.03 Å². The van der Waals surface area contributed by atoms with E-state index in [9.17, 15) is 4.79 Å². The van der Waals surface area contributed by atoms with Gasteiger partial charge in [0.2, 0.25) is 0 Å². The number of aryl methyl sites for hydroxylation is 1. The molecule has 0 unspecified atom stereocenters. The molecule has 2 amide bonds. The van der Waals surface area contributed by atoms with Crippen molar-refractivity contribution < 1.29 is 4.79 Å². The van der Waals surface area contributed by atoms with E-state index in [0.717, 1.165) is 30.5 Å². The highest BCUT2D eigenvalue weighted by Crippen LogP contribution is 2.27. The fraction of sp³-hybridized carbons (Fsp3) is 0.533. The summed E-state index contributed by atoms with van der Waals surface area (Å²) in [5, 5.41) is 17.1. The van der Waals surface area contributed by atoms with Crippen LogP contribution >= 0.6 is 0 Å². The summed E-state index contributed by atoms with van der Waals surface area (Å²) in [6.45, 7) is 2.42. The lowest BCUT2D eigenvalue weighted by molar-refractivity contribution is 0.213. The number of H-pyrrole nitrogens is 1. The molecule has 0 aliphatic heterocycles. The summed E-state index contributed by atoms with van der Waals surface area (Å²) in [5.41, 5.74) is 1.98. The third kappa shape index (κ3) is 3.29. The number of aromatic nitrogens is 4. The van der Waals surface area contributed by atoms with Gasteiger partial charge in [0.25, 0.3) is 0 Å². The van der Waals surface area contributed by atoms with Gasteiger partial charge in [-0.05, 0) is 25.8 Å². The van der Waals surface area contributed by atoms with Crippen molar-refractivity contribution in [1.29, 1.82) is 0 Å². The zero-order valence-electron chi connectivity index (χ0n) is 12.7. The summed E-state index contributed by atoms with van der Waals surface area (Å²) in [5.74, 6) is 0. The Balaban J connectivity index is 1.56. The van der Waals surface area contributed by atoms with Gasteiger partial charge in [-0.15, -0.1) is 0 Å². The van der Waals surface area contributed by atoms with Gasteiger partial charge in [-0.1, -0.05) is 12.8 Å². The lowest BCUT2D eigenvalue weighted by Gasteiger charge is -2.32. The fourth-order valence-corrected chi connectivity index (χ4v) is 3.02. The van der Waals surface area contributed by atoms with Gasteiger partial charge in [0.15, 0.2) is 0 Å². The highest BCUT2D eigenvalue weighted by atomic mass is 16.2. The normalized spacial score (nSPS) is 21.5. The Bertz CT molecular complexity index is 605. The number of nitrogens with one attached hydrogen (secondary N) is 3. The van der Waals surface area contributed by atoms with Crippen molar-refractivity contribution in [3.63, 3.8) is 0 Å². The molecule has 3 N–H and O–H groups in total. The van der Waals surface area contributed by atoms with E-state index in [1.54, 1.807) is 12.4 Å². The van der Waals surface area contributed by atoms with Gasteiger partial charge in [-0.2, -0.15) is 10.2 Å². The van der Waals surface area contributed by atoms with E-state index in [0.29, 0.717) is 6.54 Å². The molecule has 1 fully saturated rings. The molecule has 0 bridgehead atoms. The quantitative estimate of drug-likeness (QED) is 0.806. The first kappa shape index (κ1) is 14.6. The summed E-state index contributed by atoms with van der Waals surface area (Å²) in [6.07, 6.45) is 9.85. The van der Waals surface area contributed by atoms with Gasteiger partial charge in [0.05, 0.1) is 18.3 Å². The van der Waals surface area contributed by atoms with Gasteiger partial charge in [0.1, 0.15) is 0 Å². The largest absolute Gasteiger partial charge is 0.334 e. The van der Waals surface area contributed by atoms with Crippen LogP contribution in [0, 0.1) is 6.92 Å². The van der Waals surface area contributed by atoms with E-state index in [2.05, 4.69) is 25.9 Å². The topological polar surface area (TPSA) is 87.6 Å².